The van der Waals surface area contributed by atoms with Gasteiger partial charge in [-0.25, -0.2) is 4.98 Å². The zero-order valence-corrected chi connectivity index (χ0v) is 12.1. The largest absolute Gasteiger partial charge is 0.345 e. The van der Waals surface area contributed by atoms with Gasteiger partial charge >= 0.3 is 0 Å². The number of carbonyl (C=O) groups excluding carboxylic acids is 1. The summed E-state index contributed by atoms with van der Waals surface area (Å²) in [4.78, 5) is 21.0. The molecule has 2 aromatic rings. The molecule has 0 atom stereocenters. The highest BCUT2D eigenvalue weighted by Crippen LogP contribution is 2.19. The van der Waals surface area contributed by atoms with Gasteiger partial charge in [0.2, 0.25) is 5.91 Å². The van der Waals surface area contributed by atoms with Crippen LogP contribution < -0.4 is 0 Å². The van der Waals surface area contributed by atoms with Gasteiger partial charge in [-0.15, -0.1) is 0 Å². The molecule has 0 saturated carbocycles. The second-order valence-electron chi connectivity index (χ2n) is 4.38. The first-order valence-electron chi connectivity index (χ1n) is 6.39. The van der Waals surface area contributed by atoms with E-state index in [2.05, 4.69) is 9.97 Å². The Labute approximate surface area is 122 Å². The van der Waals surface area contributed by atoms with Crippen molar-refractivity contribution in [3.05, 3.63) is 24.3 Å². The average molecular weight is 288 g/mol. The third-order valence-corrected chi connectivity index (χ3v) is 3.78. The molecule has 0 radical (unpaired) electrons. The summed E-state index contributed by atoms with van der Waals surface area (Å²) in [6.07, 6.45) is 0.822. The molecule has 0 fully saturated rings. The van der Waals surface area contributed by atoms with Crippen LogP contribution >= 0.6 is 11.8 Å². The van der Waals surface area contributed by atoms with Gasteiger partial charge in [-0.2, -0.15) is 5.26 Å². The zero-order chi connectivity index (χ0) is 14.4. The Morgan fingerprint density at radius 3 is 3.05 bits per heavy atom. The molecule has 0 saturated heterocycles. The van der Waals surface area contributed by atoms with Crippen molar-refractivity contribution in [3.63, 3.8) is 0 Å². The van der Waals surface area contributed by atoms with Crippen LogP contribution in [0.4, 0.5) is 0 Å². The van der Waals surface area contributed by atoms with Gasteiger partial charge in [0.25, 0.3) is 0 Å². The zero-order valence-electron chi connectivity index (χ0n) is 11.3. The van der Waals surface area contributed by atoms with Gasteiger partial charge < -0.3 is 9.88 Å². The minimum Gasteiger partial charge on any atom is -0.345 e. The van der Waals surface area contributed by atoms with E-state index in [4.69, 9.17) is 5.26 Å². The number of amides is 1. The Morgan fingerprint density at radius 2 is 2.30 bits per heavy atom. The van der Waals surface area contributed by atoms with E-state index in [1.54, 1.807) is 11.9 Å². The van der Waals surface area contributed by atoms with Gasteiger partial charge in [0.1, 0.15) is 0 Å². The number of thioether (sulfide) groups is 1. The molecule has 1 N–H and O–H groups in total. The van der Waals surface area contributed by atoms with Crippen molar-refractivity contribution in [3.8, 4) is 6.07 Å². The first-order chi connectivity index (χ1) is 9.70. The molecule has 0 bridgehead atoms. The number of imidazole rings is 1. The molecule has 0 unspecified atom stereocenters. The van der Waals surface area contributed by atoms with Gasteiger partial charge in [-0.05, 0) is 12.1 Å². The quantitative estimate of drug-likeness (QED) is 0.828. The lowest BCUT2D eigenvalue weighted by Crippen LogP contribution is -2.27. The molecular formula is C14H16N4OS. The predicted octanol–water partition coefficient (Wildman–Crippen LogP) is 2.42. The number of fused-ring (bicyclic) bond motifs is 1. The minimum atomic E-state index is 0.0591. The van der Waals surface area contributed by atoms with E-state index >= 15 is 0 Å². The lowest BCUT2D eigenvalue weighted by molar-refractivity contribution is -0.129. The Balaban J connectivity index is 1.81. The first-order valence-corrected chi connectivity index (χ1v) is 7.37. The Hall–Kier alpha value is -2.00. The molecule has 20 heavy (non-hydrogen) atoms. The van der Waals surface area contributed by atoms with Crippen LogP contribution in [0.5, 0.6) is 0 Å². The van der Waals surface area contributed by atoms with E-state index in [0.717, 1.165) is 16.2 Å². The number of H-pyrrole nitrogens is 1. The smallest absolute Gasteiger partial charge is 0.223 e. The maximum atomic E-state index is 11.8. The molecule has 1 aromatic carbocycles. The Kier molecular flexibility index (Phi) is 5.02. The summed E-state index contributed by atoms with van der Waals surface area (Å²) in [5.74, 6) is 0.735. The van der Waals surface area contributed by atoms with E-state index < -0.39 is 0 Å². The maximum absolute atomic E-state index is 11.8. The van der Waals surface area contributed by atoms with Gasteiger partial charge in [0.15, 0.2) is 5.16 Å². The molecule has 0 aliphatic carbocycles. The number of nitrogens with one attached hydrogen (secondary N) is 1. The Bertz CT molecular complexity index is 598. The van der Waals surface area contributed by atoms with Crippen molar-refractivity contribution in [1.82, 2.24) is 14.9 Å². The van der Waals surface area contributed by atoms with Crippen molar-refractivity contribution in [2.75, 3.05) is 19.3 Å². The van der Waals surface area contributed by atoms with Crippen molar-refractivity contribution < 1.29 is 4.79 Å². The number of benzene rings is 1. The van der Waals surface area contributed by atoms with Crippen LogP contribution in [0.15, 0.2) is 29.4 Å². The number of hydrogen-bond donors (Lipinski definition) is 1. The highest BCUT2D eigenvalue weighted by molar-refractivity contribution is 7.99. The normalized spacial score (nSPS) is 10.4. The number of para-hydroxylation sites is 2. The van der Waals surface area contributed by atoms with Crippen molar-refractivity contribution in [1.29, 1.82) is 5.26 Å². The summed E-state index contributed by atoms with van der Waals surface area (Å²) in [6, 6.07) is 9.88. The average Bonchev–Trinajstić information content (AvgIpc) is 2.87. The number of nitrogens with zero attached hydrogens (tertiary/aromatic N) is 3. The molecule has 1 aromatic heterocycles. The molecule has 0 aliphatic heterocycles. The van der Waals surface area contributed by atoms with E-state index in [9.17, 15) is 4.79 Å². The van der Waals surface area contributed by atoms with Crippen LogP contribution in [0.25, 0.3) is 11.0 Å². The molecule has 5 nitrogen and oxygen atoms in total. The van der Waals surface area contributed by atoms with Crippen LogP contribution in [0.2, 0.25) is 0 Å². The van der Waals surface area contributed by atoms with E-state index in [1.165, 1.54) is 11.8 Å². The van der Waals surface area contributed by atoms with E-state index in [0.29, 0.717) is 25.1 Å². The number of rotatable bonds is 6. The number of nitriles is 1. The second kappa shape index (κ2) is 6.96. The standard InChI is InChI=1S/C14H16N4OS/c1-18(9-4-8-15)13(19)7-10-20-14-16-11-5-2-3-6-12(11)17-14/h2-3,5-6H,4,7,9-10H2,1H3,(H,16,17). The molecular weight excluding hydrogens is 272 g/mol. The fourth-order valence-corrected chi connectivity index (χ4v) is 2.58. The minimum absolute atomic E-state index is 0.0591. The summed E-state index contributed by atoms with van der Waals surface area (Å²) in [5, 5.41) is 9.32. The molecule has 0 aliphatic rings. The number of hydrogen-bond acceptors (Lipinski definition) is 4. The van der Waals surface area contributed by atoms with E-state index in [1.807, 2.05) is 30.3 Å². The summed E-state index contributed by atoms with van der Waals surface area (Å²) >= 11 is 1.54. The van der Waals surface area contributed by atoms with Crippen LogP contribution in [0, 0.1) is 11.3 Å². The molecule has 6 heteroatoms. The first kappa shape index (κ1) is 14.4. The van der Waals surface area contributed by atoms with Crippen molar-refractivity contribution in [2.45, 2.75) is 18.0 Å². The van der Waals surface area contributed by atoms with Crippen LogP contribution in [0.1, 0.15) is 12.8 Å². The van der Waals surface area contributed by atoms with Crippen molar-refractivity contribution >= 4 is 28.7 Å². The third kappa shape index (κ3) is 3.75. The van der Waals surface area contributed by atoms with Crippen LogP contribution in [-0.4, -0.2) is 40.1 Å². The van der Waals surface area contributed by atoms with Gasteiger partial charge in [-0.1, -0.05) is 23.9 Å². The van der Waals surface area contributed by atoms with Crippen molar-refractivity contribution in [2.24, 2.45) is 0 Å². The Morgan fingerprint density at radius 1 is 1.50 bits per heavy atom. The monoisotopic (exact) mass is 288 g/mol. The highest BCUT2D eigenvalue weighted by Gasteiger charge is 2.09. The predicted molar refractivity (Wildman–Crippen MR) is 79.3 cm³/mol. The summed E-state index contributed by atoms with van der Waals surface area (Å²) in [6.45, 7) is 0.491. The number of carbonyl (C=O) groups is 1. The molecule has 2 rings (SSSR count). The third-order valence-electron chi connectivity index (χ3n) is 2.91. The maximum Gasteiger partial charge on any atom is 0.223 e. The number of aromatic nitrogens is 2. The fraction of sp³-hybridized carbons (Fsp3) is 0.357. The van der Waals surface area contributed by atoms with Crippen LogP contribution in [0.3, 0.4) is 0 Å². The highest BCUT2D eigenvalue weighted by atomic mass is 32.2. The molecule has 104 valence electrons. The van der Waals surface area contributed by atoms with Gasteiger partial charge in [-0.3, -0.25) is 4.79 Å². The van der Waals surface area contributed by atoms with Crippen LogP contribution in [-0.2, 0) is 4.79 Å². The lowest BCUT2D eigenvalue weighted by atomic mass is 10.3. The fourth-order valence-electron chi connectivity index (χ4n) is 1.77. The topological polar surface area (TPSA) is 72.8 Å². The molecule has 0 spiro atoms. The van der Waals surface area contributed by atoms with Gasteiger partial charge in [0, 0.05) is 25.8 Å². The summed E-state index contributed by atoms with van der Waals surface area (Å²) in [7, 11) is 1.73. The second-order valence-corrected chi connectivity index (χ2v) is 5.46. The molecule has 1 amide bonds. The summed E-state index contributed by atoms with van der Waals surface area (Å²) in [5.41, 5.74) is 1.94. The van der Waals surface area contributed by atoms with E-state index in [-0.39, 0.29) is 5.91 Å². The SMILES string of the molecule is CN(CCC#N)C(=O)CCSc1nc2ccccc2[nH]1. The number of aromatic amines is 1. The lowest BCUT2D eigenvalue weighted by Gasteiger charge is -2.14. The van der Waals surface area contributed by atoms with Gasteiger partial charge in [0.05, 0.1) is 23.5 Å². The molecule has 1 heterocycles. The summed E-state index contributed by atoms with van der Waals surface area (Å²) < 4.78 is 0.